The zero-order valence-electron chi connectivity index (χ0n) is 17.7. The molecule has 1 amide bonds. The van der Waals surface area contributed by atoms with Crippen LogP contribution in [-0.4, -0.2) is 46.5 Å². The lowest BCUT2D eigenvalue weighted by molar-refractivity contribution is 0.0673. The Kier molecular flexibility index (Phi) is 6.37. The molecule has 1 atom stereocenters. The van der Waals surface area contributed by atoms with E-state index in [4.69, 9.17) is 16.3 Å². The molecule has 0 spiro atoms. The van der Waals surface area contributed by atoms with Crippen molar-refractivity contribution in [2.75, 3.05) is 24.5 Å². The molecule has 0 N–H and O–H groups in total. The zero-order valence-corrected chi connectivity index (χ0v) is 18.4. The van der Waals surface area contributed by atoms with Crippen molar-refractivity contribution in [2.45, 2.75) is 26.3 Å². The van der Waals surface area contributed by atoms with Gasteiger partial charge >= 0.3 is 0 Å². The smallest absolute Gasteiger partial charge is 0.254 e. The number of piperazine rings is 1. The Bertz CT molecular complexity index is 1060. The number of hydrogen-bond donors (Lipinski definition) is 0. The number of benzene rings is 2. The maximum Gasteiger partial charge on any atom is 0.254 e. The molecule has 1 aliphatic heterocycles. The number of para-hydroxylation sites is 1. The monoisotopic (exact) mass is 436 g/mol. The molecule has 0 radical (unpaired) electrons. The molecule has 0 bridgehead atoms. The predicted octanol–water partition coefficient (Wildman–Crippen LogP) is 4.84. The summed E-state index contributed by atoms with van der Waals surface area (Å²) in [5, 5.41) is 0.524. The molecule has 1 aliphatic rings. The number of carbonyl (C=O) groups is 1. The standard InChI is InChI=1S/C24H25ClN4O2/c1-3-18-8-10-19(11-9-18)24(30)29-13-12-28(15-17(29)2)22-14-23(27-16-26-22)31-21-7-5-4-6-20(21)25/h4-11,14,16-17H,3,12-13,15H2,1-2H3. The van der Waals surface area contributed by atoms with Gasteiger partial charge in [0.1, 0.15) is 17.9 Å². The first-order valence-electron chi connectivity index (χ1n) is 10.4. The second kappa shape index (κ2) is 9.35. The zero-order chi connectivity index (χ0) is 21.8. The minimum absolute atomic E-state index is 0.0509. The van der Waals surface area contributed by atoms with Crippen LogP contribution in [-0.2, 0) is 6.42 Å². The van der Waals surface area contributed by atoms with Crippen LogP contribution >= 0.6 is 11.6 Å². The third-order valence-electron chi connectivity index (χ3n) is 5.50. The summed E-state index contributed by atoms with van der Waals surface area (Å²) < 4.78 is 5.83. The molecule has 160 valence electrons. The summed E-state index contributed by atoms with van der Waals surface area (Å²) in [7, 11) is 0. The fourth-order valence-electron chi connectivity index (χ4n) is 3.72. The molecule has 0 saturated carbocycles. The van der Waals surface area contributed by atoms with Crippen LogP contribution in [0.4, 0.5) is 5.82 Å². The number of anilines is 1. The molecule has 4 rings (SSSR count). The molecule has 7 heteroatoms. The highest BCUT2D eigenvalue weighted by Gasteiger charge is 2.29. The highest BCUT2D eigenvalue weighted by Crippen LogP contribution is 2.29. The Balaban J connectivity index is 1.43. The van der Waals surface area contributed by atoms with E-state index in [1.807, 2.05) is 41.3 Å². The Labute approximate surface area is 187 Å². The molecular weight excluding hydrogens is 412 g/mol. The van der Waals surface area contributed by atoms with Crippen LogP contribution in [0.15, 0.2) is 60.9 Å². The lowest BCUT2D eigenvalue weighted by atomic mass is 10.1. The first kappa shape index (κ1) is 21.1. The van der Waals surface area contributed by atoms with Crippen molar-refractivity contribution in [1.29, 1.82) is 0 Å². The molecule has 6 nitrogen and oxygen atoms in total. The molecule has 2 aromatic carbocycles. The lowest BCUT2D eigenvalue weighted by Crippen LogP contribution is -2.54. The van der Waals surface area contributed by atoms with Gasteiger partial charge in [0.25, 0.3) is 5.91 Å². The van der Waals surface area contributed by atoms with E-state index in [1.54, 1.807) is 18.2 Å². The quantitative estimate of drug-likeness (QED) is 0.573. The normalized spacial score (nSPS) is 16.3. The predicted molar refractivity (Wildman–Crippen MR) is 122 cm³/mol. The highest BCUT2D eigenvalue weighted by molar-refractivity contribution is 6.32. The van der Waals surface area contributed by atoms with E-state index in [0.717, 1.165) is 17.8 Å². The van der Waals surface area contributed by atoms with Crippen LogP contribution in [0.5, 0.6) is 11.6 Å². The molecule has 1 unspecified atom stereocenters. The van der Waals surface area contributed by atoms with Crippen LogP contribution in [0.2, 0.25) is 5.02 Å². The molecule has 2 heterocycles. The number of carbonyl (C=O) groups excluding carboxylic acids is 1. The Morgan fingerprint density at radius 1 is 1.13 bits per heavy atom. The lowest BCUT2D eigenvalue weighted by Gasteiger charge is -2.40. The van der Waals surface area contributed by atoms with Gasteiger partial charge in [-0.05, 0) is 43.2 Å². The SMILES string of the molecule is CCc1ccc(C(=O)N2CCN(c3cc(Oc4ccccc4Cl)ncn3)CC2C)cc1. The van der Waals surface area contributed by atoms with Gasteiger partial charge in [-0.25, -0.2) is 9.97 Å². The van der Waals surface area contributed by atoms with E-state index in [0.29, 0.717) is 36.3 Å². The summed E-state index contributed by atoms with van der Waals surface area (Å²) in [4.78, 5) is 25.7. The molecule has 1 saturated heterocycles. The second-order valence-electron chi connectivity index (χ2n) is 7.59. The first-order valence-corrected chi connectivity index (χ1v) is 10.8. The van der Waals surface area contributed by atoms with E-state index < -0.39 is 0 Å². The van der Waals surface area contributed by atoms with Crippen molar-refractivity contribution in [1.82, 2.24) is 14.9 Å². The average molecular weight is 437 g/mol. The van der Waals surface area contributed by atoms with Crippen molar-refractivity contribution < 1.29 is 9.53 Å². The number of rotatable bonds is 5. The summed E-state index contributed by atoms with van der Waals surface area (Å²) in [5.74, 6) is 1.82. The van der Waals surface area contributed by atoms with Crippen molar-refractivity contribution >= 4 is 23.3 Å². The molecular formula is C24H25ClN4O2. The van der Waals surface area contributed by atoms with Crippen LogP contribution < -0.4 is 9.64 Å². The first-order chi connectivity index (χ1) is 15.0. The summed E-state index contributed by atoms with van der Waals surface area (Å²) in [6.07, 6.45) is 2.45. The van der Waals surface area contributed by atoms with Crippen molar-refractivity contribution in [3.05, 3.63) is 77.1 Å². The number of amides is 1. The van der Waals surface area contributed by atoms with Gasteiger partial charge in [0, 0.05) is 37.3 Å². The average Bonchev–Trinajstić information content (AvgIpc) is 2.80. The number of nitrogens with zero attached hydrogens (tertiary/aromatic N) is 4. The number of aromatic nitrogens is 2. The van der Waals surface area contributed by atoms with E-state index in [9.17, 15) is 4.79 Å². The van der Waals surface area contributed by atoms with Gasteiger partial charge in [0.05, 0.1) is 5.02 Å². The Morgan fingerprint density at radius 2 is 1.90 bits per heavy atom. The third kappa shape index (κ3) is 4.80. The molecule has 3 aromatic rings. The van der Waals surface area contributed by atoms with Crippen molar-refractivity contribution in [3.63, 3.8) is 0 Å². The van der Waals surface area contributed by atoms with E-state index in [-0.39, 0.29) is 11.9 Å². The highest BCUT2D eigenvalue weighted by atomic mass is 35.5. The van der Waals surface area contributed by atoms with Gasteiger partial charge in [-0.2, -0.15) is 0 Å². The topological polar surface area (TPSA) is 58.6 Å². The number of aryl methyl sites for hydroxylation is 1. The van der Waals surface area contributed by atoms with E-state index in [2.05, 4.69) is 28.7 Å². The second-order valence-corrected chi connectivity index (χ2v) is 8.00. The van der Waals surface area contributed by atoms with Gasteiger partial charge in [-0.3, -0.25) is 4.79 Å². The molecule has 31 heavy (non-hydrogen) atoms. The number of hydrogen-bond acceptors (Lipinski definition) is 5. The summed E-state index contributed by atoms with van der Waals surface area (Å²) in [6, 6.07) is 17.0. The largest absolute Gasteiger partial charge is 0.437 e. The fraction of sp³-hybridized carbons (Fsp3) is 0.292. The van der Waals surface area contributed by atoms with Crippen LogP contribution in [0.1, 0.15) is 29.8 Å². The van der Waals surface area contributed by atoms with Crippen molar-refractivity contribution in [2.24, 2.45) is 0 Å². The number of halogens is 1. The van der Waals surface area contributed by atoms with Crippen LogP contribution in [0.25, 0.3) is 0 Å². The summed E-state index contributed by atoms with van der Waals surface area (Å²) in [5.41, 5.74) is 1.96. The minimum atomic E-state index is 0.0509. The van der Waals surface area contributed by atoms with Gasteiger partial charge < -0.3 is 14.5 Å². The van der Waals surface area contributed by atoms with Crippen LogP contribution in [0, 0.1) is 0 Å². The van der Waals surface area contributed by atoms with Gasteiger partial charge in [-0.1, -0.05) is 42.8 Å². The van der Waals surface area contributed by atoms with Gasteiger partial charge in [0.2, 0.25) is 5.88 Å². The summed E-state index contributed by atoms with van der Waals surface area (Å²) in [6.45, 7) is 6.16. The molecule has 0 aliphatic carbocycles. The Hall–Kier alpha value is -3.12. The van der Waals surface area contributed by atoms with E-state index >= 15 is 0 Å². The van der Waals surface area contributed by atoms with Crippen LogP contribution in [0.3, 0.4) is 0 Å². The fourth-order valence-corrected chi connectivity index (χ4v) is 3.89. The third-order valence-corrected chi connectivity index (χ3v) is 5.81. The minimum Gasteiger partial charge on any atom is -0.437 e. The Morgan fingerprint density at radius 3 is 2.61 bits per heavy atom. The van der Waals surface area contributed by atoms with E-state index in [1.165, 1.54) is 11.9 Å². The maximum atomic E-state index is 13.0. The number of ether oxygens (including phenoxy) is 1. The molecule has 1 aromatic heterocycles. The van der Waals surface area contributed by atoms with Gasteiger partial charge in [-0.15, -0.1) is 0 Å². The molecule has 1 fully saturated rings. The summed E-state index contributed by atoms with van der Waals surface area (Å²) >= 11 is 6.18. The van der Waals surface area contributed by atoms with Gasteiger partial charge in [0.15, 0.2) is 0 Å². The maximum absolute atomic E-state index is 13.0. The van der Waals surface area contributed by atoms with Crippen molar-refractivity contribution in [3.8, 4) is 11.6 Å².